The van der Waals surface area contributed by atoms with Crippen LogP contribution in [-0.4, -0.2) is 23.5 Å². The molecule has 3 aromatic rings. The number of para-hydroxylation sites is 1. The molecule has 7 nitrogen and oxygen atoms in total. The van der Waals surface area contributed by atoms with Crippen LogP contribution in [0.5, 0.6) is 0 Å². The van der Waals surface area contributed by atoms with Gasteiger partial charge in [0.1, 0.15) is 0 Å². The highest BCUT2D eigenvalue weighted by molar-refractivity contribution is 7.13. The van der Waals surface area contributed by atoms with Gasteiger partial charge in [0.25, 0.3) is 5.91 Å². The largest absolute Gasteiger partial charge is 0.381 e. The molecule has 0 radical (unpaired) electrons. The first-order valence-electron chi connectivity index (χ1n) is 9.67. The van der Waals surface area contributed by atoms with Gasteiger partial charge in [-0.3, -0.25) is 10.1 Å². The fourth-order valence-electron chi connectivity index (χ4n) is 2.87. The van der Waals surface area contributed by atoms with Crippen molar-refractivity contribution in [2.45, 2.75) is 27.3 Å². The van der Waals surface area contributed by atoms with Crippen molar-refractivity contribution in [3.63, 3.8) is 0 Å². The summed E-state index contributed by atoms with van der Waals surface area (Å²) >= 11 is 1.36. The molecular formula is C22H25N5O2S. The maximum atomic E-state index is 12.8. The first kappa shape index (κ1) is 21.3. The number of anilines is 3. The average Bonchev–Trinajstić information content (AvgIpc) is 3.12. The molecule has 3 amide bonds. The maximum Gasteiger partial charge on any atom is 0.319 e. The van der Waals surface area contributed by atoms with E-state index in [1.807, 2.05) is 62.5 Å². The van der Waals surface area contributed by atoms with Crippen LogP contribution >= 0.6 is 11.3 Å². The molecule has 0 bridgehead atoms. The van der Waals surface area contributed by atoms with E-state index in [1.165, 1.54) is 11.3 Å². The molecule has 0 aliphatic rings. The summed E-state index contributed by atoms with van der Waals surface area (Å²) in [6, 6.07) is 13.1. The quantitative estimate of drug-likeness (QED) is 0.440. The Hall–Kier alpha value is -3.39. The first-order chi connectivity index (χ1) is 14.5. The van der Waals surface area contributed by atoms with E-state index in [2.05, 4.69) is 26.3 Å². The highest BCUT2D eigenvalue weighted by Gasteiger charge is 2.16. The first-order valence-corrected chi connectivity index (χ1v) is 10.5. The number of carbonyl (C=O) groups is 2. The number of aryl methyl sites for hydroxylation is 2. The SMILES string of the molecule is CCNC(=O)Nc1cc(CNc2ccccc2C)ccc1C(=O)Nc1nc(C)cs1. The lowest BCUT2D eigenvalue weighted by Crippen LogP contribution is -2.29. The summed E-state index contributed by atoms with van der Waals surface area (Å²) in [6.07, 6.45) is 0. The van der Waals surface area contributed by atoms with Crippen molar-refractivity contribution in [1.82, 2.24) is 10.3 Å². The molecule has 0 aliphatic heterocycles. The maximum absolute atomic E-state index is 12.8. The lowest BCUT2D eigenvalue weighted by molar-refractivity contribution is 0.102. The Morgan fingerprint density at radius 1 is 1.03 bits per heavy atom. The van der Waals surface area contributed by atoms with Gasteiger partial charge in [-0.25, -0.2) is 9.78 Å². The van der Waals surface area contributed by atoms with Gasteiger partial charge in [-0.15, -0.1) is 11.3 Å². The number of amides is 3. The van der Waals surface area contributed by atoms with Crippen LogP contribution in [-0.2, 0) is 6.54 Å². The molecule has 156 valence electrons. The summed E-state index contributed by atoms with van der Waals surface area (Å²) in [5.74, 6) is -0.324. The van der Waals surface area contributed by atoms with Crippen molar-refractivity contribution in [3.05, 3.63) is 70.2 Å². The number of nitrogens with zero attached hydrogens (tertiary/aromatic N) is 1. The van der Waals surface area contributed by atoms with E-state index < -0.39 is 0 Å². The second kappa shape index (κ2) is 9.89. The number of hydrogen-bond donors (Lipinski definition) is 4. The van der Waals surface area contributed by atoms with Crippen molar-refractivity contribution in [2.75, 3.05) is 22.5 Å². The van der Waals surface area contributed by atoms with Crippen LogP contribution < -0.4 is 21.3 Å². The Kier molecular flexibility index (Phi) is 7.03. The third-order valence-corrected chi connectivity index (χ3v) is 5.26. The molecule has 0 spiro atoms. The minimum atomic E-state index is -0.361. The van der Waals surface area contributed by atoms with Gasteiger partial charge in [-0.1, -0.05) is 24.3 Å². The number of aromatic nitrogens is 1. The third kappa shape index (κ3) is 5.57. The number of benzene rings is 2. The number of urea groups is 1. The smallest absolute Gasteiger partial charge is 0.319 e. The fraction of sp³-hybridized carbons (Fsp3) is 0.227. The van der Waals surface area contributed by atoms with E-state index >= 15 is 0 Å². The molecule has 2 aromatic carbocycles. The van der Waals surface area contributed by atoms with Gasteiger partial charge in [0, 0.05) is 24.2 Å². The zero-order valence-electron chi connectivity index (χ0n) is 17.2. The van der Waals surface area contributed by atoms with E-state index in [4.69, 9.17) is 0 Å². The lowest BCUT2D eigenvalue weighted by atomic mass is 10.1. The van der Waals surface area contributed by atoms with E-state index in [-0.39, 0.29) is 11.9 Å². The zero-order chi connectivity index (χ0) is 21.5. The summed E-state index contributed by atoms with van der Waals surface area (Å²) in [4.78, 5) is 29.2. The van der Waals surface area contributed by atoms with Crippen LogP contribution in [0, 0.1) is 13.8 Å². The lowest BCUT2D eigenvalue weighted by Gasteiger charge is -2.14. The number of carbonyl (C=O) groups excluding carboxylic acids is 2. The molecule has 0 saturated heterocycles. The Labute approximate surface area is 179 Å². The second-order valence-corrected chi connectivity index (χ2v) is 7.64. The van der Waals surface area contributed by atoms with Crippen molar-refractivity contribution in [2.24, 2.45) is 0 Å². The van der Waals surface area contributed by atoms with Crippen molar-refractivity contribution < 1.29 is 9.59 Å². The number of nitrogens with one attached hydrogen (secondary N) is 4. The summed E-state index contributed by atoms with van der Waals surface area (Å²) in [5, 5.41) is 14.0. The van der Waals surface area contributed by atoms with Crippen molar-refractivity contribution in [1.29, 1.82) is 0 Å². The standard InChI is InChI=1S/C22H25N5O2S/c1-4-23-21(29)26-19-11-16(12-24-18-8-6-5-7-14(18)2)9-10-17(19)20(28)27-22-25-15(3)13-30-22/h5-11,13,24H,4,12H2,1-3H3,(H2,23,26,29)(H,25,27,28). The van der Waals surface area contributed by atoms with Crippen LogP contribution in [0.3, 0.4) is 0 Å². The van der Waals surface area contributed by atoms with Crippen LogP contribution in [0.2, 0.25) is 0 Å². The van der Waals surface area contributed by atoms with Crippen LogP contribution in [0.25, 0.3) is 0 Å². The summed E-state index contributed by atoms with van der Waals surface area (Å²) in [6.45, 7) is 6.78. The molecule has 0 saturated carbocycles. The van der Waals surface area contributed by atoms with Gasteiger partial charge < -0.3 is 16.0 Å². The monoisotopic (exact) mass is 423 g/mol. The Balaban J connectivity index is 1.81. The molecule has 1 heterocycles. The highest BCUT2D eigenvalue weighted by Crippen LogP contribution is 2.23. The van der Waals surface area contributed by atoms with E-state index in [1.54, 1.807) is 6.07 Å². The average molecular weight is 424 g/mol. The van der Waals surface area contributed by atoms with Gasteiger partial charge >= 0.3 is 6.03 Å². The molecule has 30 heavy (non-hydrogen) atoms. The summed E-state index contributed by atoms with van der Waals surface area (Å²) in [7, 11) is 0. The minimum absolute atomic E-state index is 0.324. The van der Waals surface area contributed by atoms with Crippen LogP contribution in [0.4, 0.5) is 21.3 Å². The Morgan fingerprint density at radius 2 is 1.83 bits per heavy atom. The van der Waals surface area contributed by atoms with Crippen molar-refractivity contribution >= 4 is 39.8 Å². The summed E-state index contributed by atoms with van der Waals surface area (Å²) < 4.78 is 0. The normalized spacial score (nSPS) is 10.4. The molecule has 1 aromatic heterocycles. The molecule has 4 N–H and O–H groups in total. The molecule has 0 aliphatic carbocycles. The third-order valence-electron chi connectivity index (χ3n) is 4.38. The van der Waals surface area contributed by atoms with Gasteiger partial charge in [0.05, 0.1) is 16.9 Å². The van der Waals surface area contributed by atoms with Gasteiger partial charge in [-0.2, -0.15) is 0 Å². The molecule has 0 unspecified atom stereocenters. The summed E-state index contributed by atoms with van der Waals surface area (Å²) in [5.41, 5.74) is 4.77. The molecular weight excluding hydrogens is 398 g/mol. The van der Waals surface area contributed by atoms with E-state index in [0.29, 0.717) is 29.5 Å². The second-order valence-electron chi connectivity index (χ2n) is 6.78. The number of rotatable bonds is 7. The predicted octanol–water partition coefficient (Wildman–Crippen LogP) is 4.77. The number of hydrogen-bond acceptors (Lipinski definition) is 5. The van der Waals surface area contributed by atoms with E-state index in [0.717, 1.165) is 22.5 Å². The highest BCUT2D eigenvalue weighted by atomic mass is 32.1. The zero-order valence-corrected chi connectivity index (χ0v) is 18.0. The van der Waals surface area contributed by atoms with Crippen LogP contribution in [0.1, 0.15) is 34.1 Å². The van der Waals surface area contributed by atoms with Gasteiger partial charge in [0.2, 0.25) is 0 Å². The van der Waals surface area contributed by atoms with E-state index in [9.17, 15) is 9.59 Å². The predicted molar refractivity (Wildman–Crippen MR) is 122 cm³/mol. The minimum Gasteiger partial charge on any atom is -0.381 e. The Bertz CT molecular complexity index is 1050. The topological polar surface area (TPSA) is 95.2 Å². The van der Waals surface area contributed by atoms with Crippen molar-refractivity contribution in [3.8, 4) is 0 Å². The Morgan fingerprint density at radius 3 is 2.53 bits per heavy atom. The molecule has 3 rings (SSSR count). The molecule has 0 atom stereocenters. The molecule has 0 fully saturated rings. The van der Waals surface area contributed by atoms with Gasteiger partial charge in [0.15, 0.2) is 5.13 Å². The van der Waals surface area contributed by atoms with Gasteiger partial charge in [-0.05, 0) is 50.1 Å². The molecule has 8 heteroatoms. The fourth-order valence-corrected chi connectivity index (χ4v) is 3.56. The van der Waals surface area contributed by atoms with Crippen LogP contribution in [0.15, 0.2) is 47.8 Å². The number of thiazole rings is 1.